The van der Waals surface area contributed by atoms with Crippen molar-refractivity contribution in [1.82, 2.24) is 21.3 Å². The topological polar surface area (TPSA) is 142 Å². The van der Waals surface area contributed by atoms with Gasteiger partial charge in [-0.1, -0.05) is 22.9 Å². The first-order valence-electron chi connectivity index (χ1n) is 9.89. The Kier molecular flexibility index (Phi) is 7.78. The predicted octanol–water partition coefficient (Wildman–Crippen LogP) is 1.71. The van der Waals surface area contributed by atoms with Gasteiger partial charge in [0.2, 0.25) is 5.91 Å². The first-order chi connectivity index (χ1) is 15.3. The van der Waals surface area contributed by atoms with E-state index >= 15 is 0 Å². The number of amides is 3. The Balaban J connectivity index is 1.56. The average molecular weight is 480 g/mol. The van der Waals surface area contributed by atoms with Crippen LogP contribution in [0.2, 0.25) is 5.02 Å². The fraction of sp³-hybridized carbons (Fsp3) is 0.350. The van der Waals surface area contributed by atoms with Gasteiger partial charge in [0.15, 0.2) is 0 Å². The summed E-state index contributed by atoms with van der Waals surface area (Å²) >= 11 is 6.67. The van der Waals surface area contributed by atoms with E-state index in [2.05, 4.69) is 21.3 Å². The van der Waals surface area contributed by atoms with Crippen molar-refractivity contribution in [2.75, 3.05) is 26.2 Å². The molecule has 1 aliphatic heterocycles. The molecule has 1 fully saturated rings. The number of nitrogens with zero attached hydrogens (tertiary/aromatic N) is 1. The fourth-order valence-corrected chi connectivity index (χ4v) is 4.15. The number of hydrogen-bond acceptors (Lipinski definition) is 7. The fourth-order valence-electron chi connectivity index (χ4n) is 3.32. The van der Waals surface area contributed by atoms with Crippen LogP contribution in [-0.2, 0) is 4.79 Å². The zero-order valence-corrected chi connectivity index (χ0v) is 18.6. The minimum absolute atomic E-state index is 0.141. The Morgan fingerprint density at radius 2 is 1.72 bits per heavy atom. The van der Waals surface area contributed by atoms with Crippen LogP contribution in [0.5, 0.6) is 0 Å². The molecule has 0 bridgehead atoms. The van der Waals surface area contributed by atoms with Crippen molar-refractivity contribution in [3.63, 3.8) is 0 Å². The van der Waals surface area contributed by atoms with E-state index in [1.54, 1.807) is 24.3 Å². The van der Waals surface area contributed by atoms with E-state index in [1.165, 1.54) is 11.4 Å². The van der Waals surface area contributed by atoms with Gasteiger partial charge in [0.05, 0.1) is 10.5 Å². The van der Waals surface area contributed by atoms with Crippen molar-refractivity contribution < 1.29 is 19.3 Å². The maximum absolute atomic E-state index is 13.0. The summed E-state index contributed by atoms with van der Waals surface area (Å²) in [6.45, 7) is 1.44. The summed E-state index contributed by atoms with van der Waals surface area (Å²) in [7, 11) is 0. The van der Waals surface area contributed by atoms with E-state index in [0.717, 1.165) is 11.3 Å². The lowest BCUT2D eigenvalue weighted by atomic mass is 9.87. The second-order valence-corrected chi connectivity index (χ2v) is 8.56. The second-order valence-electron chi connectivity index (χ2n) is 7.24. The van der Waals surface area contributed by atoms with E-state index in [9.17, 15) is 24.5 Å². The van der Waals surface area contributed by atoms with E-state index in [0.29, 0.717) is 36.5 Å². The Morgan fingerprint density at radius 3 is 2.34 bits per heavy atom. The van der Waals surface area contributed by atoms with Gasteiger partial charge in [-0.25, -0.2) is 0 Å². The maximum Gasteiger partial charge on any atom is 0.324 e. The molecule has 3 rings (SSSR count). The number of hydrogen-bond donors (Lipinski definition) is 4. The summed E-state index contributed by atoms with van der Waals surface area (Å²) in [5.74, 6) is -1.19. The summed E-state index contributed by atoms with van der Waals surface area (Å²) in [5, 5.41) is 24.1. The highest BCUT2D eigenvalue weighted by Crippen LogP contribution is 2.25. The third kappa shape index (κ3) is 5.81. The summed E-state index contributed by atoms with van der Waals surface area (Å²) in [6, 6.07) is 7.63. The van der Waals surface area contributed by atoms with Crippen molar-refractivity contribution >= 4 is 45.7 Å². The van der Waals surface area contributed by atoms with Gasteiger partial charge in [0, 0.05) is 35.1 Å². The Bertz CT molecular complexity index is 1000. The van der Waals surface area contributed by atoms with Gasteiger partial charge >= 0.3 is 5.00 Å². The number of benzene rings is 1. The van der Waals surface area contributed by atoms with Crippen LogP contribution in [0.1, 0.15) is 33.6 Å². The highest BCUT2D eigenvalue weighted by atomic mass is 35.5. The van der Waals surface area contributed by atoms with E-state index in [-0.39, 0.29) is 35.5 Å². The van der Waals surface area contributed by atoms with Crippen molar-refractivity contribution in [2.24, 2.45) is 0 Å². The standard InChI is InChI=1S/C20H22ClN5O5S/c21-15-3-1-13(2-4-15)17(27)23-9-10-24-19(29)20(5-7-22-8-6-20)25-18(28)14-11-16(26(30)31)32-12-14/h1-4,11-12,22H,5-10H2,(H,23,27)(H,24,29)(H,25,28). The highest BCUT2D eigenvalue weighted by molar-refractivity contribution is 7.13. The van der Waals surface area contributed by atoms with Crippen LogP contribution in [0, 0.1) is 10.1 Å². The predicted molar refractivity (Wildman–Crippen MR) is 120 cm³/mol. The molecule has 0 saturated carbocycles. The Hall–Kier alpha value is -3.02. The molecule has 2 heterocycles. The van der Waals surface area contributed by atoms with Gasteiger partial charge in [-0.3, -0.25) is 24.5 Å². The third-order valence-electron chi connectivity index (χ3n) is 5.07. The lowest BCUT2D eigenvalue weighted by molar-refractivity contribution is -0.380. The molecule has 0 unspecified atom stereocenters. The number of carbonyl (C=O) groups is 3. The minimum atomic E-state index is -1.14. The zero-order chi connectivity index (χ0) is 23.1. The molecule has 0 radical (unpaired) electrons. The molecule has 10 nitrogen and oxygen atoms in total. The van der Waals surface area contributed by atoms with Gasteiger partial charge in [0.25, 0.3) is 11.8 Å². The van der Waals surface area contributed by atoms with Crippen LogP contribution in [-0.4, -0.2) is 54.4 Å². The second kappa shape index (κ2) is 10.5. The molecule has 170 valence electrons. The summed E-state index contributed by atoms with van der Waals surface area (Å²) in [5.41, 5.74) is -0.547. The van der Waals surface area contributed by atoms with E-state index in [4.69, 9.17) is 11.6 Å². The Morgan fingerprint density at radius 1 is 1.06 bits per heavy atom. The van der Waals surface area contributed by atoms with Crippen molar-refractivity contribution in [3.8, 4) is 0 Å². The van der Waals surface area contributed by atoms with Crippen LogP contribution in [0.15, 0.2) is 35.7 Å². The summed E-state index contributed by atoms with van der Waals surface area (Å²) in [6.07, 6.45) is 0.738. The summed E-state index contributed by atoms with van der Waals surface area (Å²) < 4.78 is 0. The molecule has 12 heteroatoms. The molecule has 1 saturated heterocycles. The smallest absolute Gasteiger partial charge is 0.324 e. The van der Waals surface area contributed by atoms with Crippen molar-refractivity contribution in [2.45, 2.75) is 18.4 Å². The molecular formula is C20H22ClN5O5S. The largest absolute Gasteiger partial charge is 0.352 e. The van der Waals surface area contributed by atoms with Gasteiger partial charge in [-0.2, -0.15) is 0 Å². The van der Waals surface area contributed by atoms with Gasteiger partial charge in [0.1, 0.15) is 5.54 Å². The molecule has 32 heavy (non-hydrogen) atoms. The van der Waals surface area contributed by atoms with Crippen molar-refractivity contribution in [1.29, 1.82) is 0 Å². The molecule has 3 amide bonds. The number of nitro groups is 1. The molecule has 2 aromatic rings. The van der Waals surface area contributed by atoms with Gasteiger partial charge in [-0.05, 0) is 50.2 Å². The first kappa shape index (κ1) is 23.6. The third-order valence-corrected chi connectivity index (χ3v) is 6.21. The quantitative estimate of drug-likeness (QED) is 0.258. The number of thiophene rings is 1. The van der Waals surface area contributed by atoms with Crippen LogP contribution in [0.25, 0.3) is 0 Å². The molecule has 1 aromatic heterocycles. The number of nitrogens with one attached hydrogen (secondary N) is 4. The monoisotopic (exact) mass is 479 g/mol. The van der Waals surface area contributed by atoms with Crippen LogP contribution >= 0.6 is 22.9 Å². The molecule has 4 N–H and O–H groups in total. The van der Waals surface area contributed by atoms with E-state index in [1.807, 2.05) is 0 Å². The molecule has 0 spiro atoms. The number of piperidine rings is 1. The van der Waals surface area contributed by atoms with Crippen LogP contribution in [0.3, 0.4) is 0 Å². The minimum Gasteiger partial charge on any atom is -0.352 e. The van der Waals surface area contributed by atoms with E-state index < -0.39 is 16.4 Å². The highest BCUT2D eigenvalue weighted by Gasteiger charge is 2.41. The summed E-state index contributed by atoms with van der Waals surface area (Å²) in [4.78, 5) is 48.1. The van der Waals surface area contributed by atoms with Crippen molar-refractivity contribution in [3.05, 3.63) is 62.0 Å². The number of halogens is 1. The Labute approximate surface area is 192 Å². The normalized spacial score (nSPS) is 14.9. The molecule has 0 atom stereocenters. The first-order valence-corrected chi connectivity index (χ1v) is 11.1. The SMILES string of the molecule is O=C(NCCNC(=O)C1(NC(=O)c2csc([N+](=O)[O-])c2)CCNCC1)c1ccc(Cl)cc1. The zero-order valence-electron chi connectivity index (χ0n) is 17.0. The van der Waals surface area contributed by atoms with Gasteiger partial charge < -0.3 is 21.3 Å². The lowest BCUT2D eigenvalue weighted by Gasteiger charge is -2.36. The molecular weight excluding hydrogens is 458 g/mol. The molecule has 1 aromatic carbocycles. The number of rotatable bonds is 8. The molecule has 0 aliphatic carbocycles. The van der Waals surface area contributed by atoms with Crippen LogP contribution < -0.4 is 21.3 Å². The maximum atomic E-state index is 13.0. The molecule has 1 aliphatic rings. The number of carbonyl (C=O) groups excluding carboxylic acids is 3. The van der Waals surface area contributed by atoms with Crippen LogP contribution in [0.4, 0.5) is 5.00 Å². The lowest BCUT2D eigenvalue weighted by Crippen LogP contribution is -2.63. The van der Waals surface area contributed by atoms with Gasteiger partial charge in [-0.15, -0.1) is 0 Å². The average Bonchev–Trinajstić information content (AvgIpc) is 3.28.